The van der Waals surface area contributed by atoms with Crippen molar-refractivity contribution >= 4 is 5.91 Å². The van der Waals surface area contributed by atoms with Crippen LogP contribution in [0, 0.1) is 0 Å². The standard InChI is InChI=1S/C13H27N3O/c1-12(13(17)16-10-6-7-11-16)14-8-4-5-9-15(2)3/h12,14H,4-11H2,1-3H3. The molecule has 1 rings (SSSR count). The van der Waals surface area contributed by atoms with Gasteiger partial charge >= 0.3 is 0 Å². The Hall–Kier alpha value is -0.610. The molecule has 0 aromatic rings. The topological polar surface area (TPSA) is 35.6 Å². The lowest BCUT2D eigenvalue weighted by molar-refractivity contribution is -0.131. The lowest BCUT2D eigenvalue weighted by Gasteiger charge is -2.21. The molecule has 0 bridgehead atoms. The van der Waals surface area contributed by atoms with Gasteiger partial charge in [0.05, 0.1) is 6.04 Å². The lowest BCUT2D eigenvalue weighted by Crippen LogP contribution is -2.43. The van der Waals surface area contributed by atoms with Crippen LogP contribution in [-0.4, -0.2) is 62.0 Å². The molecule has 1 amide bonds. The van der Waals surface area contributed by atoms with E-state index in [2.05, 4.69) is 24.3 Å². The zero-order valence-electron chi connectivity index (χ0n) is 11.5. The van der Waals surface area contributed by atoms with Crippen LogP contribution < -0.4 is 5.32 Å². The highest BCUT2D eigenvalue weighted by molar-refractivity contribution is 5.81. The molecule has 1 unspecified atom stereocenters. The highest BCUT2D eigenvalue weighted by Crippen LogP contribution is 2.08. The molecular weight excluding hydrogens is 214 g/mol. The van der Waals surface area contributed by atoms with E-state index in [-0.39, 0.29) is 11.9 Å². The Morgan fingerprint density at radius 1 is 1.29 bits per heavy atom. The molecule has 1 atom stereocenters. The van der Waals surface area contributed by atoms with E-state index in [1.807, 2.05) is 11.8 Å². The van der Waals surface area contributed by atoms with Crippen LogP contribution in [-0.2, 0) is 4.79 Å². The molecule has 17 heavy (non-hydrogen) atoms. The molecule has 0 aromatic heterocycles. The molecule has 4 heteroatoms. The fourth-order valence-electron chi connectivity index (χ4n) is 2.17. The first-order valence-corrected chi connectivity index (χ1v) is 6.78. The van der Waals surface area contributed by atoms with E-state index in [9.17, 15) is 4.79 Å². The third kappa shape index (κ3) is 5.50. The van der Waals surface area contributed by atoms with Gasteiger partial charge in [-0.15, -0.1) is 0 Å². The number of carbonyl (C=O) groups excluding carboxylic acids is 1. The van der Waals surface area contributed by atoms with Crippen LogP contribution in [0.3, 0.4) is 0 Å². The molecule has 1 fully saturated rings. The molecule has 4 nitrogen and oxygen atoms in total. The van der Waals surface area contributed by atoms with E-state index in [0.29, 0.717) is 0 Å². The van der Waals surface area contributed by atoms with Gasteiger partial charge in [0.15, 0.2) is 0 Å². The Morgan fingerprint density at radius 3 is 2.53 bits per heavy atom. The molecule has 0 saturated carbocycles. The minimum Gasteiger partial charge on any atom is -0.341 e. The smallest absolute Gasteiger partial charge is 0.239 e. The largest absolute Gasteiger partial charge is 0.341 e. The first-order chi connectivity index (χ1) is 8.11. The summed E-state index contributed by atoms with van der Waals surface area (Å²) in [6.45, 7) is 5.94. The summed E-state index contributed by atoms with van der Waals surface area (Å²) in [4.78, 5) is 16.1. The van der Waals surface area contributed by atoms with Crippen LogP contribution in [0.5, 0.6) is 0 Å². The summed E-state index contributed by atoms with van der Waals surface area (Å²) in [5.74, 6) is 0.273. The number of amides is 1. The molecule has 1 heterocycles. The SMILES string of the molecule is CC(NCCCCN(C)C)C(=O)N1CCCC1. The molecule has 1 saturated heterocycles. The first kappa shape index (κ1) is 14.5. The summed E-state index contributed by atoms with van der Waals surface area (Å²) in [6.07, 6.45) is 4.66. The number of hydrogen-bond acceptors (Lipinski definition) is 3. The van der Waals surface area contributed by atoms with Crippen molar-refractivity contribution < 1.29 is 4.79 Å². The van der Waals surface area contributed by atoms with Gasteiger partial charge in [0.25, 0.3) is 0 Å². The fraction of sp³-hybridized carbons (Fsp3) is 0.923. The predicted molar refractivity (Wildman–Crippen MR) is 71.1 cm³/mol. The van der Waals surface area contributed by atoms with Crippen molar-refractivity contribution in [2.75, 3.05) is 40.3 Å². The van der Waals surface area contributed by atoms with Crippen molar-refractivity contribution in [1.29, 1.82) is 0 Å². The number of rotatable bonds is 7. The number of likely N-dealkylation sites (tertiary alicyclic amines) is 1. The fourth-order valence-corrected chi connectivity index (χ4v) is 2.17. The average molecular weight is 241 g/mol. The zero-order chi connectivity index (χ0) is 12.7. The quantitative estimate of drug-likeness (QED) is 0.674. The third-order valence-electron chi connectivity index (χ3n) is 3.27. The van der Waals surface area contributed by atoms with Crippen molar-refractivity contribution in [1.82, 2.24) is 15.1 Å². The highest BCUT2D eigenvalue weighted by Gasteiger charge is 2.22. The van der Waals surface area contributed by atoms with Crippen LogP contribution in [0.1, 0.15) is 32.6 Å². The summed E-state index contributed by atoms with van der Waals surface area (Å²) in [5, 5.41) is 3.32. The molecule has 1 aliphatic heterocycles. The molecular formula is C13H27N3O. The van der Waals surface area contributed by atoms with E-state index < -0.39 is 0 Å². The molecule has 100 valence electrons. The van der Waals surface area contributed by atoms with Gasteiger partial charge in [0.2, 0.25) is 5.91 Å². The van der Waals surface area contributed by atoms with E-state index >= 15 is 0 Å². The number of hydrogen-bond donors (Lipinski definition) is 1. The highest BCUT2D eigenvalue weighted by atomic mass is 16.2. The second-order valence-electron chi connectivity index (χ2n) is 5.22. The van der Waals surface area contributed by atoms with E-state index in [4.69, 9.17) is 0 Å². The normalized spacial score (nSPS) is 17.8. The first-order valence-electron chi connectivity index (χ1n) is 6.78. The number of carbonyl (C=O) groups is 1. The van der Waals surface area contributed by atoms with Crippen LogP contribution in [0.15, 0.2) is 0 Å². The van der Waals surface area contributed by atoms with Crippen LogP contribution in [0.2, 0.25) is 0 Å². The van der Waals surface area contributed by atoms with Crippen molar-refractivity contribution in [3.05, 3.63) is 0 Å². The van der Waals surface area contributed by atoms with Gasteiger partial charge in [-0.25, -0.2) is 0 Å². The molecule has 0 aliphatic carbocycles. The monoisotopic (exact) mass is 241 g/mol. The Labute approximate surface area is 105 Å². The maximum absolute atomic E-state index is 12.0. The Kier molecular flexibility index (Phi) is 6.52. The van der Waals surface area contributed by atoms with Gasteiger partial charge < -0.3 is 15.1 Å². The van der Waals surface area contributed by atoms with Crippen molar-refractivity contribution in [3.63, 3.8) is 0 Å². The summed E-state index contributed by atoms with van der Waals surface area (Å²) in [6, 6.07) is -0.0209. The van der Waals surface area contributed by atoms with Gasteiger partial charge in [-0.3, -0.25) is 4.79 Å². The Bertz CT molecular complexity index is 225. The van der Waals surface area contributed by atoms with Gasteiger partial charge in [-0.1, -0.05) is 0 Å². The van der Waals surface area contributed by atoms with Gasteiger partial charge in [0, 0.05) is 13.1 Å². The second kappa shape index (κ2) is 7.67. The third-order valence-corrected chi connectivity index (χ3v) is 3.27. The van der Waals surface area contributed by atoms with E-state index in [1.54, 1.807) is 0 Å². The number of nitrogens with one attached hydrogen (secondary N) is 1. The summed E-state index contributed by atoms with van der Waals surface area (Å²) in [5.41, 5.74) is 0. The average Bonchev–Trinajstić information content (AvgIpc) is 2.80. The van der Waals surface area contributed by atoms with E-state index in [1.165, 1.54) is 19.3 Å². The Balaban J connectivity index is 2.07. The van der Waals surface area contributed by atoms with Crippen molar-refractivity contribution in [2.45, 2.75) is 38.6 Å². The van der Waals surface area contributed by atoms with Crippen LogP contribution in [0.25, 0.3) is 0 Å². The van der Waals surface area contributed by atoms with Crippen LogP contribution in [0.4, 0.5) is 0 Å². The molecule has 1 N–H and O–H groups in total. The van der Waals surface area contributed by atoms with E-state index in [0.717, 1.165) is 32.6 Å². The van der Waals surface area contributed by atoms with Gasteiger partial charge in [-0.2, -0.15) is 0 Å². The van der Waals surface area contributed by atoms with Gasteiger partial charge in [-0.05, 0) is 59.8 Å². The minimum absolute atomic E-state index is 0.0209. The maximum atomic E-state index is 12.0. The minimum atomic E-state index is -0.0209. The maximum Gasteiger partial charge on any atom is 0.239 e. The molecule has 0 spiro atoms. The number of unbranched alkanes of at least 4 members (excludes halogenated alkanes) is 1. The number of nitrogens with zero attached hydrogens (tertiary/aromatic N) is 2. The van der Waals surface area contributed by atoms with Crippen molar-refractivity contribution in [3.8, 4) is 0 Å². The summed E-state index contributed by atoms with van der Waals surface area (Å²) < 4.78 is 0. The van der Waals surface area contributed by atoms with Crippen LogP contribution >= 0.6 is 0 Å². The molecule has 1 aliphatic rings. The molecule has 0 aromatic carbocycles. The molecule has 0 radical (unpaired) electrons. The predicted octanol–water partition coefficient (Wildman–Crippen LogP) is 0.929. The Morgan fingerprint density at radius 2 is 1.94 bits per heavy atom. The zero-order valence-corrected chi connectivity index (χ0v) is 11.5. The second-order valence-corrected chi connectivity index (χ2v) is 5.22. The van der Waals surface area contributed by atoms with Gasteiger partial charge in [0.1, 0.15) is 0 Å². The summed E-state index contributed by atoms with van der Waals surface area (Å²) in [7, 11) is 4.18. The van der Waals surface area contributed by atoms with Crippen molar-refractivity contribution in [2.24, 2.45) is 0 Å². The summed E-state index contributed by atoms with van der Waals surface area (Å²) >= 11 is 0. The lowest BCUT2D eigenvalue weighted by atomic mass is 10.2.